The van der Waals surface area contributed by atoms with Crippen LogP contribution in [0.15, 0.2) is 30.0 Å². The van der Waals surface area contributed by atoms with E-state index in [0.29, 0.717) is 16.5 Å². The van der Waals surface area contributed by atoms with Gasteiger partial charge in [-0.2, -0.15) is 5.26 Å². The number of hydrogen-bond acceptors (Lipinski definition) is 5. The van der Waals surface area contributed by atoms with E-state index in [1.165, 1.54) is 19.4 Å². The van der Waals surface area contributed by atoms with Gasteiger partial charge >= 0.3 is 0 Å². The van der Waals surface area contributed by atoms with Crippen molar-refractivity contribution in [1.29, 1.82) is 5.26 Å². The largest absolute Gasteiger partial charge is 0.495 e. The van der Waals surface area contributed by atoms with Gasteiger partial charge in [-0.1, -0.05) is 11.6 Å². The first-order valence-electron chi connectivity index (χ1n) is 5.71. The first kappa shape index (κ1) is 15.8. The number of anilines is 1. The van der Waals surface area contributed by atoms with Gasteiger partial charge in [-0.15, -0.1) is 0 Å². The van der Waals surface area contributed by atoms with Crippen molar-refractivity contribution in [1.82, 2.24) is 5.32 Å². The molecule has 1 amide bonds. The molecule has 0 fully saturated rings. The molecule has 0 unspecified atom stereocenters. The lowest BCUT2D eigenvalue weighted by atomic mass is 10.2. The highest BCUT2D eigenvalue weighted by Crippen LogP contribution is 2.27. The van der Waals surface area contributed by atoms with Crippen molar-refractivity contribution in [3.8, 4) is 11.8 Å². The maximum Gasteiger partial charge on any atom is 0.267 e. The fourth-order valence-electron chi connectivity index (χ4n) is 1.33. The van der Waals surface area contributed by atoms with Gasteiger partial charge in [-0.25, -0.2) is 0 Å². The number of hydrogen-bond donors (Lipinski definition) is 3. The summed E-state index contributed by atoms with van der Waals surface area (Å²) in [7, 11) is 1.49. The van der Waals surface area contributed by atoms with Crippen molar-refractivity contribution in [2.24, 2.45) is 0 Å². The Morgan fingerprint density at radius 1 is 1.60 bits per heavy atom. The van der Waals surface area contributed by atoms with Crippen molar-refractivity contribution >= 4 is 23.2 Å². The molecule has 1 rings (SSSR count). The number of aliphatic hydroxyl groups excluding tert-OH is 1. The van der Waals surface area contributed by atoms with E-state index in [4.69, 9.17) is 26.7 Å². The highest BCUT2D eigenvalue weighted by atomic mass is 35.5. The molecule has 0 heterocycles. The van der Waals surface area contributed by atoms with E-state index < -0.39 is 5.91 Å². The first-order chi connectivity index (χ1) is 9.62. The highest BCUT2D eigenvalue weighted by Gasteiger charge is 2.10. The number of aliphatic hydroxyl groups is 1. The summed E-state index contributed by atoms with van der Waals surface area (Å²) in [6.07, 6.45) is 1.25. The normalized spacial score (nSPS) is 10.6. The number of nitrogens with one attached hydrogen (secondary N) is 2. The summed E-state index contributed by atoms with van der Waals surface area (Å²) in [5, 5.41) is 23.0. The Labute approximate surface area is 121 Å². The van der Waals surface area contributed by atoms with Crippen LogP contribution in [0.2, 0.25) is 5.02 Å². The van der Waals surface area contributed by atoms with Crippen LogP contribution < -0.4 is 15.4 Å². The maximum absolute atomic E-state index is 11.8. The Bertz CT molecular complexity index is 552. The van der Waals surface area contributed by atoms with Crippen LogP contribution in [0.1, 0.15) is 0 Å². The maximum atomic E-state index is 11.8. The standard InChI is InChI=1S/C13H14ClN3O3/c1-20-12-3-2-10(6-11(12)14)17-13(19)9(7-15)8-16-4-5-18/h2-3,6,8,16,18H,4-5H2,1H3,(H,17,19)/b9-8-. The van der Waals surface area contributed by atoms with Gasteiger partial charge in [0, 0.05) is 18.4 Å². The van der Waals surface area contributed by atoms with Crippen LogP contribution in [-0.4, -0.2) is 31.3 Å². The van der Waals surface area contributed by atoms with Gasteiger partial charge in [-0.3, -0.25) is 4.79 Å². The Morgan fingerprint density at radius 3 is 2.90 bits per heavy atom. The molecule has 0 saturated heterocycles. The third-order valence-corrected chi connectivity index (χ3v) is 2.57. The van der Waals surface area contributed by atoms with Crippen molar-refractivity contribution < 1.29 is 14.6 Å². The molecule has 0 aromatic heterocycles. The zero-order chi connectivity index (χ0) is 15.0. The lowest BCUT2D eigenvalue weighted by Gasteiger charge is -2.07. The number of carbonyl (C=O) groups is 1. The smallest absolute Gasteiger partial charge is 0.267 e. The summed E-state index contributed by atoms with van der Waals surface area (Å²) in [4.78, 5) is 11.8. The number of ether oxygens (including phenoxy) is 1. The lowest BCUT2D eigenvalue weighted by molar-refractivity contribution is -0.112. The molecule has 0 spiro atoms. The first-order valence-corrected chi connectivity index (χ1v) is 6.09. The fraction of sp³-hybridized carbons (Fsp3) is 0.231. The molecular weight excluding hydrogens is 282 g/mol. The summed E-state index contributed by atoms with van der Waals surface area (Å²) in [5.41, 5.74) is 0.342. The van der Waals surface area contributed by atoms with Gasteiger partial charge in [0.15, 0.2) is 0 Å². The molecule has 0 aliphatic carbocycles. The number of halogens is 1. The van der Waals surface area contributed by atoms with E-state index in [0.717, 1.165) is 0 Å². The third-order valence-electron chi connectivity index (χ3n) is 2.28. The molecule has 0 aliphatic rings. The van der Waals surface area contributed by atoms with E-state index >= 15 is 0 Å². The van der Waals surface area contributed by atoms with Crippen LogP contribution in [0.5, 0.6) is 5.75 Å². The summed E-state index contributed by atoms with van der Waals surface area (Å²) in [5.74, 6) is -0.0792. The Kier molecular flexibility index (Phi) is 6.37. The molecular formula is C13H14ClN3O3. The predicted octanol–water partition coefficient (Wildman–Crippen LogP) is 1.28. The molecule has 3 N–H and O–H groups in total. The predicted molar refractivity (Wildman–Crippen MR) is 75.4 cm³/mol. The second-order valence-corrected chi connectivity index (χ2v) is 4.06. The zero-order valence-electron chi connectivity index (χ0n) is 10.8. The van der Waals surface area contributed by atoms with Gasteiger partial charge in [0.05, 0.1) is 18.7 Å². The van der Waals surface area contributed by atoms with E-state index in [-0.39, 0.29) is 18.7 Å². The second-order valence-electron chi connectivity index (χ2n) is 3.65. The number of benzene rings is 1. The summed E-state index contributed by atoms with van der Waals surface area (Å²) >= 11 is 5.93. The molecule has 7 heteroatoms. The van der Waals surface area contributed by atoms with Gasteiger partial charge in [0.25, 0.3) is 5.91 Å². The van der Waals surface area contributed by atoms with Crippen LogP contribution in [0.25, 0.3) is 0 Å². The zero-order valence-corrected chi connectivity index (χ0v) is 11.6. The van der Waals surface area contributed by atoms with Gasteiger partial charge in [0.1, 0.15) is 17.4 Å². The van der Waals surface area contributed by atoms with Crippen LogP contribution in [0.4, 0.5) is 5.69 Å². The molecule has 0 radical (unpaired) electrons. The fourth-order valence-corrected chi connectivity index (χ4v) is 1.59. The number of nitrogens with zero attached hydrogens (tertiary/aromatic N) is 1. The average molecular weight is 296 g/mol. The number of amides is 1. The summed E-state index contributed by atoms with van der Waals surface area (Å²) in [6, 6.07) is 6.51. The molecule has 1 aromatic carbocycles. The van der Waals surface area contributed by atoms with Crippen LogP contribution in [0.3, 0.4) is 0 Å². The highest BCUT2D eigenvalue weighted by molar-refractivity contribution is 6.32. The third kappa shape index (κ3) is 4.46. The SMILES string of the molecule is COc1ccc(NC(=O)/C(C#N)=C\NCCO)cc1Cl. The van der Waals surface area contributed by atoms with Crippen LogP contribution in [0, 0.1) is 11.3 Å². The summed E-state index contributed by atoms with van der Waals surface area (Å²) < 4.78 is 5.00. The van der Waals surface area contributed by atoms with Gasteiger partial charge < -0.3 is 20.5 Å². The Hall–Kier alpha value is -2.23. The van der Waals surface area contributed by atoms with E-state index in [2.05, 4.69) is 10.6 Å². The Morgan fingerprint density at radius 2 is 2.35 bits per heavy atom. The van der Waals surface area contributed by atoms with Crippen molar-refractivity contribution in [3.63, 3.8) is 0 Å². The molecule has 106 valence electrons. The molecule has 0 atom stereocenters. The minimum Gasteiger partial charge on any atom is -0.495 e. The van der Waals surface area contributed by atoms with Crippen molar-refractivity contribution in [3.05, 3.63) is 35.0 Å². The number of nitriles is 1. The molecule has 0 aliphatic heterocycles. The number of rotatable bonds is 6. The monoisotopic (exact) mass is 295 g/mol. The number of carbonyl (C=O) groups excluding carboxylic acids is 1. The molecule has 1 aromatic rings. The lowest BCUT2D eigenvalue weighted by Crippen LogP contribution is -2.18. The van der Waals surface area contributed by atoms with E-state index in [9.17, 15) is 4.79 Å². The topological polar surface area (TPSA) is 94.4 Å². The van der Waals surface area contributed by atoms with Crippen molar-refractivity contribution in [2.75, 3.05) is 25.6 Å². The van der Waals surface area contributed by atoms with Gasteiger partial charge in [-0.05, 0) is 18.2 Å². The molecule has 0 bridgehead atoms. The summed E-state index contributed by atoms with van der Waals surface area (Å²) in [6.45, 7) is 0.164. The van der Waals surface area contributed by atoms with Gasteiger partial charge in [0.2, 0.25) is 0 Å². The Balaban J connectivity index is 2.76. The quantitative estimate of drug-likeness (QED) is 0.417. The molecule has 20 heavy (non-hydrogen) atoms. The minimum atomic E-state index is -0.570. The van der Waals surface area contributed by atoms with E-state index in [1.54, 1.807) is 18.2 Å². The number of methoxy groups -OCH3 is 1. The molecule has 0 saturated carbocycles. The van der Waals surface area contributed by atoms with Crippen LogP contribution in [-0.2, 0) is 4.79 Å². The molecule has 6 nitrogen and oxygen atoms in total. The van der Waals surface area contributed by atoms with E-state index in [1.807, 2.05) is 0 Å². The van der Waals surface area contributed by atoms with Crippen molar-refractivity contribution in [2.45, 2.75) is 0 Å². The average Bonchev–Trinajstić information content (AvgIpc) is 2.43. The minimum absolute atomic E-state index is 0.0923. The van der Waals surface area contributed by atoms with Crippen LogP contribution >= 0.6 is 11.6 Å². The second kappa shape index (κ2) is 8.04.